The third kappa shape index (κ3) is 3.70. The zero-order valence-electron chi connectivity index (χ0n) is 12.2. The van der Waals surface area contributed by atoms with E-state index in [4.69, 9.17) is 4.74 Å². The number of ketones is 1. The fraction of sp³-hybridized carbons (Fsp3) is 0.588. The minimum Gasteiger partial charge on any atom is -0.367 e. The molecule has 3 heteroatoms. The molecular formula is C17H23BrO2. The number of hydrogen-bond donors (Lipinski definition) is 0. The lowest BCUT2D eigenvalue weighted by Crippen LogP contribution is -2.42. The molecule has 1 saturated carbocycles. The Hall–Kier alpha value is -0.670. The summed E-state index contributed by atoms with van der Waals surface area (Å²) in [5.41, 5.74) is 0.515. The van der Waals surface area contributed by atoms with Gasteiger partial charge in [0.05, 0.1) is 0 Å². The van der Waals surface area contributed by atoms with E-state index < -0.39 is 5.60 Å². The summed E-state index contributed by atoms with van der Waals surface area (Å²) in [7, 11) is 0. The lowest BCUT2D eigenvalue weighted by atomic mass is 9.86. The molecule has 0 N–H and O–H groups in total. The maximum atomic E-state index is 12.8. The molecule has 0 spiro atoms. The van der Waals surface area contributed by atoms with E-state index in [-0.39, 0.29) is 5.78 Å². The Morgan fingerprint density at radius 3 is 2.45 bits per heavy atom. The van der Waals surface area contributed by atoms with Gasteiger partial charge in [-0.15, -0.1) is 0 Å². The van der Waals surface area contributed by atoms with Crippen molar-refractivity contribution in [1.82, 2.24) is 0 Å². The third-order valence-electron chi connectivity index (χ3n) is 4.15. The molecule has 2 nitrogen and oxygen atoms in total. The highest BCUT2D eigenvalue weighted by Gasteiger charge is 2.38. The van der Waals surface area contributed by atoms with E-state index in [0.717, 1.165) is 35.7 Å². The first-order valence-corrected chi connectivity index (χ1v) is 8.38. The van der Waals surface area contributed by atoms with E-state index in [1.54, 1.807) is 0 Å². The Kier molecular flexibility index (Phi) is 5.79. The molecule has 0 radical (unpaired) electrons. The predicted octanol–water partition coefficient (Wildman–Crippen LogP) is 4.69. The molecule has 110 valence electrons. The van der Waals surface area contributed by atoms with Gasteiger partial charge < -0.3 is 4.74 Å². The van der Waals surface area contributed by atoms with Gasteiger partial charge in [0.2, 0.25) is 0 Å². The van der Waals surface area contributed by atoms with Gasteiger partial charge in [0.1, 0.15) is 5.60 Å². The van der Waals surface area contributed by atoms with Crippen LogP contribution in [0.2, 0.25) is 0 Å². The largest absolute Gasteiger partial charge is 0.367 e. The number of Topliss-reactive ketones (excluding diaryl/α,β-unsaturated/α-hetero) is 1. The van der Waals surface area contributed by atoms with Crippen molar-refractivity contribution in [3.05, 3.63) is 34.3 Å². The second-order valence-electron chi connectivity index (χ2n) is 5.53. The van der Waals surface area contributed by atoms with Crippen molar-refractivity contribution in [3.8, 4) is 0 Å². The van der Waals surface area contributed by atoms with Gasteiger partial charge >= 0.3 is 0 Å². The first kappa shape index (κ1) is 15.7. The number of carbonyl (C=O) groups is 1. The Morgan fingerprint density at radius 2 is 1.85 bits per heavy atom. The first-order chi connectivity index (χ1) is 9.68. The highest BCUT2D eigenvalue weighted by Crippen LogP contribution is 2.33. The van der Waals surface area contributed by atoms with Gasteiger partial charge in [0.25, 0.3) is 0 Å². The van der Waals surface area contributed by atoms with Crippen LogP contribution in [-0.2, 0) is 16.0 Å². The lowest BCUT2D eigenvalue weighted by molar-refractivity contribution is -0.145. The van der Waals surface area contributed by atoms with E-state index in [1.807, 2.05) is 31.2 Å². The number of halogens is 1. The molecule has 0 atom stereocenters. The van der Waals surface area contributed by atoms with Gasteiger partial charge in [0.15, 0.2) is 5.78 Å². The Bertz CT molecular complexity index is 448. The van der Waals surface area contributed by atoms with Crippen LogP contribution in [0.4, 0.5) is 0 Å². The van der Waals surface area contributed by atoms with Crippen LogP contribution in [0.25, 0.3) is 0 Å². The number of benzene rings is 1. The summed E-state index contributed by atoms with van der Waals surface area (Å²) < 4.78 is 6.97. The van der Waals surface area contributed by atoms with Crippen molar-refractivity contribution in [2.45, 2.75) is 57.5 Å². The minimum absolute atomic E-state index is 0.244. The number of hydrogen-bond acceptors (Lipinski definition) is 2. The van der Waals surface area contributed by atoms with E-state index in [0.29, 0.717) is 13.0 Å². The molecule has 0 aliphatic heterocycles. The molecule has 1 aromatic rings. The molecule has 0 amide bonds. The molecule has 1 aliphatic carbocycles. The minimum atomic E-state index is -0.541. The smallest absolute Gasteiger partial charge is 0.169 e. The van der Waals surface area contributed by atoms with Crippen LogP contribution in [0.3, 0.4) is 0 Å². The van der Waals surface area contributed by atoms with Crippen molar-refractivity contribution >= 4 is 21.7 Å². The van der Waals surface area contributed by atoms with E-state index >= 15 is 0 Å². The zero-order chi connectivity index (χ0) is 14.4. The SMILES string of the molecule is CCOC1(C(=O)Cc2ccccc2Br)CCCCCC1. The molecule has 0 heterocycles. The van der Waals surface area contributed by atoms with Crippen LogP contribution < -0.4 is 0 Å². The summed E-state index contributed by atoms with van der Waals surface area (Å²) >= 11 is 3.53. The van der Waals surface area contributed by atoms with Crippen LogP contribution in [0.1, 0.15) is 51.0 Å². The summed E-state index contributed by atoms with van der Waals surface area (Å²) in [6.45, 7) is 2.60. The molecule has 2 rings (SSSR count). The molecule has 0 saturated heterocycles. The van der Waals surface area contributed by atoms with E-state index in [9.17, 15) is 4.79 Å². The fourth-order valence-corrected chi connectivity index (χ4v) is 3.48. The predicted molar refractivity (Wildman–Crippen MR) is 84.9 cm³/mol. The lowest BCUT2D eigenvalue weighted by Gasteiger charge is -2.31. The maximum Gasteiger partial charge on any atom is 0.169 e. The van der Waals surface area contributed by atoms with Crippen molar-refractivity contribution in [2.24, 2.45) is 0 Å². The summed E-state index contributed by atoms with van der Waals surface area (Å²) in [5, 5.41) is 0. The number of ether oxygens (including phenoxy) is 1. The molecule has 0 aromatic heterocycles. The average molecular weight is 339 g/mol. The van der Waals surface area contributed by atoms with Crippen LogP contribution in [0.15, 0.2) is 28.7 Å². The first-order valence-electron chi connectivity index (χ1n) is 7.58. The molecular weight excluding hydrogens is 316 g/mol. The standard InChI is InChI=1S/C17H23BrO2/c1-2-20-17(11-7-3-4-8-12-17)16(19)13-14-9-5-6-10-15(14)18/h5-6,9-10H,2-4,7-8,11-13H2,1H3. The summed E-state index contributed by atoms with van der Waals surface area (Å²) in [4.78, 5) is 12.8. The normalized spacial score (nSPS) is 18.5. The third-order valence-corrected chi connectivity index (χ3v) is 4.92. The van der Waals surface area contributed by atoms with Crippen LogP contribution in [0, 0.1) is 0 Å². The molecule has 1 aromatic carbocycles. The van der Waals surface area contributed by atoms with Crippen LogP contribution in [0.5, 0.6) is 0 Å². The Morgan fingerprint density at radius 1 is 1.20 bits per heavy atom. The topological polar surface area (TPSA) is 26.3 Å². The maximum absolute atomic E-state index is 12.8. The second kappa shape index (κ2) is 7.37. The van der Waals surface area contributed by atoms with Crippen molar-refractivity contribution in [3.63, 3.8) is 0 Å². The van der Waals surface area contributed by atoms with Crippen LogP contribution in [-0.4, -0.2) is 18.0 Å². The van der Waals surface area contributed by atoms with E-state index in [1.165, 1.54) is 12.8 Å². The van der Waals surface area contributed by atoms with Gasteiger partial charge in [-0.25, -0.2) is 0 Å². The van der Waals surface area contributed by atoms with Crippen molar-refractivity contribution < 1.29 is 9.53 Å². The van der Waals surface area contributed by atoms with E-state index in [2.05, 4.69) is 15.9 Å². The summed E-state index contributed by atoms with van der Waals surface area (Å²) in [5.74, 6) is 0.244. The van der Waals surface area contributed by atoms with Gasteiger partial charge in [-0.1, -0.05) is 59.8 Å². The van der Waals surface area contributed by atoms with Crippen LogP contribution >= 0.6 is 15.9 Å². The summed E-state index contributed by atoms with van der Waals surface area (Å²) in [6, 6.07) is 7.96. The second-order valence-corrected chi connectivity index (χ2v) is 6.39. The molecule has 20 heavy (non-hydrogen) atoms. The van der Waals surface area contributed by atoms with Gasteiger partial charge in [0, 0.05) is 17.5 Å². The Labute approximate surface area is 130 Å². The monoisotopic (exact) mass is 338 g/mol. The fourth-order valence-electron chi connectivity index (χ4n) is 3.06. The van der Waals surface area contributed by atoms with Crippen molar-refractivity contribution in [2.75, 3.05) is 6.61 Å². The highest BCUT2D eigenvalue weighted by molar-refractivity contribution is 9.10. The molecule has 0 bridgehead atoms. The van der Waals surface area contributed by atoms with Gasteiger partial charge in [-0.3, -0.25) is 4.79 Å². The Balaban J connectivity index is 2.16. The molecule has 1 fully saturated rings. The average Bonchev–Trinajstić information content (AvgIpc) is 2.68. The number of carbonyl (C=O) groups excluding carboxylic acids is 1. The van der Waals surface area contributed by atoms with Gasteiger partial charge in [-0.05, 0) is 31.4 Å². The zero-order valence-corrected chi connectivity index (χ0v) is 13.7. The highest BCUT2D eigenvalue weighted by atomic mass is 79.9. The molecule has 1 aliphatic rings. The quantitative estimate of drug-likeness (QED) is 0.728. The number of rotatable bonds is 5. The molecule has 0 unspecified atom stereocenters. The summed E-state index contributed by atoms with van der Waals surface area (Å²) in [6.07, 6.45) is 6.85. The van der Waals surface area contributed by atoms with Crippen molar-refractivity contribution in [1.29, 1.82) is 0 Å². The van der Waals surface area contributed by atoms with Gasteiger partial charge in [-0.2, -0.15) is 0 Å².